The van der Waals surface area contributed by atoms with Crippen LogP contribution in [0, 0.1) is 11.7 Å². The van der Waals surface area contributed by atoms with Crippen LogP contribution in [0.2, 0.25) is 0 Å². The maximum absolute atomic E-state index is 14.2. The van der Waals surface area contributed by atoms with Gasteiger partial charge in [0.1, 0.15) is 11.6 Å². The van der Waals surface area contributed by atoms with Crippen LogP contribution in [0.4, 0.5) is 10.1 Å². The molecule has 3 aromatic rings. The molecule has 2 aromatic carbocycles. The number of hydrogen-bond donors (Lipinski definition) is 0. The average molecular weight is 365 g/mol. The van der Waals surface area contributed by atoms with E-state index in [1.165, 1.54) is 6.07 Å². The fourth-order valence-electron chi connectivity index (χ4n) is 3.82. The van der Waals surface area contributed by atoms with E-state index in [9.17, 15) is 9.18 Å². The van der Waals surface area contributed by atoms with Crippen LogP contribution >= 0.6 is 0 Å². The normalized spacial score (nSPS) is 18.4. The Balaban J connectivity index is 1.71. The van der Waals surface area contributed by atoms with Gasteiger partial charge in [-0.25, -0.2) is 9.37 Å². The van der Waals surface area contributed by atoms with Gasteiger partial charge in [0.15, 0.2) is 0 Å². The molecule has 0 bridgehead atoms. The van der Waals surface area contributed by atoms with Gasteiger partial charge in [-0.15, -0.1) is 0 Å². The number of carbonyl (C=O) groups is 1. The van der Waals surface area contributed by atoms with Gasteiger partial charge in [0.25, 0.3) is 0 Å². The van der Waals surface area contributed by atoms with Gasteiger partial charge < -0.3 is 9.47 Å². The van der Waals surface area contributed by atoms with Crippen molar-refractivity contribution in [1.29, 1.82) is 0 Å². The molecule has 1 aromatic heterocycles. The fraction of sp³-hybridized carbons (Fsp3) is 0.364. The maximum atomic E-state index is 14.2. The van der Waals surface area contributed by atoms with Crippen molar-refractivity contribution in [3.05, 3.63) is 60.2 Å². The predicted octanol–water partition coefficient (Wildman–Crippen LogP) is 4.74. The molecule has 5 heteroatoms. The SMILES string of the molecule is CCC(C)Cn1c(C2CC(=O)N(c3ccccc3F)C2)nc2ccccc21. The molecule has 0 radical (unpaired) electrons. The third kappa shape index (κ3) is 3.22. The number of hydrogen-bond acceptors (Lipinski definition) is 2. The van der Waals surface area contributed by atoms with E-state index in [2.05, 4.69) is 24.5 Å². The zero-order valence-electron chi connectivity index (χ0n) is 15.7. The van der Waals surface area contributed by atoms with Crippen LogP contribution in [0.1, 0.15) is 38.4 Å². The van der Waals surface area contributed by atoms with Gasteiger partial charge in [-0.1, -0.05) is 44.5 Å². The van der Waals surface area contributed by atoms with Gasteiger partial charge in [0.2, 0.25) is 5.91 Å². The van der Waals surface area contributed by atoms with Crippen molar-refractivity contribution >= 4 is 22.6 Å². The number of benzene rings is 2. The Labute approximate surface area is 158 Å². The topological polar surface area (TPSA) is 38.1 Å². The lowest BCUT2D eigenvalue weighted by Gasteiger charge is -2.19. The van der Waals surface area contributed by atoms with E-state index in [0.717, 1.165) is 29.8 Å². The van der Waals surface area contributed by atoms with Crippen molar-refractivity contribution in [2.45, 2.75) is 39.2 Å². The van der Waals surface area contributed by atoms with Crippen LogP contribution < -0.4 is 4.90 Å². The summed E-state index contributed by atoms with van der Waals surface area (Å²) in [5.41, 5.74) is 2.41. The van der Waals surface area contributed by atoms with E-state index in [-0.39, 0.29) is 17.6 Å². The molecule has 1 saturated heterocycles. The molecule has 1 aliphatic rings. The monoisotopic (exact) mass is 365 g/mol. The number of anilines is 1. The zero-order valence-corrected chi connectivity index (χ0v) is 15.7. The highest BCUT2D eigenvalue weighted by Gasteiger charge is 2.35. The van der Waals surface area contributed by atoms with E-state index in [1.807, 2.05) is 18.2 Å². The van der Waals surface area contributed by atoms with Crippen LogP contribution in [0.15, 0.2) is 48.5 Å². The summed E-state index contributed by atoms with van der Waals surface area (Å²) >= 11 is 0. The number of nitrogens with zero attached hydrogens (tertiary/aromatic N) is 3. The van der Waals surface area contributed by atoms with Gasteiger partial charge >= 0.3 is 0 Å². The first kappa shape index (κ1) is 17.7. The highest BCUT2D eigenvalue weighted by Crippen LogP contribution is 2.34. The van der Waals surface area contributed by atoms with Gasteiger partial charge in [-0.05, 0) is 30.2 Å². The number of amides is 1. The highest BCUT2D eigenvalue weighted by atomic mass is 19.1. The summed E-state index contributed by atoms with van der Waals surface area (Å²) < 4.78 is 16.5. The fourth-order valence-corrected chi connectivity index (χ4v) is 3.82. The summed E-state index contributed by atoms with van der Waals surface area (Å²) in [4.78, 5) is 19.1. The number of carbonyl (C=O) groups excluding carboxylic acids is 1. The van der Waals surface area contributed by atoms with Gasteiger partial charge in [-0.2, -0.15) is 0 Å². The minimum absolute atomic E-state index is 0.0337. The number of imidazole rings is 1. The summed E-state index contributed by atoms with van der Waals surface area (Å²) in [6.45, 7) is 5.74. The van der Waals surface area contributed by atoms with Crippen molar-refractivity contribution in [2.24, 2.45) is 5.92 Å². The second-order valence-electron chi connectivity index (χ2n) is 7.44. The second-order valence-corrected chi connectivity index (χ2v) is 7.44. The summed E-state index contributed by atoms with van der Waals surface area (Å²) in [7, 11) is 0. The van der Waals surface area contributed by atoms with E-state index in [0.29, 0.717) is 24.6 Å². The molecule has 4 nitrogen and oxygen atoms in total. The summed E-state index contributed by atoms with van der Waals surface area (Å²) in [5.74, 6) is 1.00. The van der Waals surface area contributed by atoms with Crippen LogP contribution in [-0.4, -0.2) is 22.0 Å². The lowest BCUT2D eigenvalue weighted by atomic mass is 10.1. The van der Waals surface area contributed by atoms with E-state index < -0.39 is 0 Å². The Morgan fingerprint density at radius 3 is 2.70 bits per heavy atom. The Kier molecular flexibility index (Phi) is 4.68. The van der Waals surface area contributed by atoms with E-state index in [4.69, 9.17) is 4.98 Å². The molecule has 4 rings (SSSR count). The van der Waals surface area contributed by atoms with Gasteiger partial charge in [-0.3, -0.25) is 4.79 Å². The molecule has 0 aliphatic carbocycles. The summed E-state index contributed by atoms with van der Waals surface area (Å²) in [5, 5.41) is 0. The van der Waals surface area contributed by atoms with Gasteiger partial charge in [0, 0.05) is 25.4 Å². The van der Waals surface area contributed by atoms with Crippen molar-refractivity contribution in [1.82, 2.24) is 9.55 Å². The van der Waals surface area contributed by atoms with Gasteiger partial charge in [0.05, 0.1) is 16.7 Å². The minimum Gasteiger partial charge on any atom is -0.327 e. The minimum atomic E-state index is -0.361. The highest BCUT2D eigenvalue weighted by molar-refractivity contribution is 5.96. The molecule has 0 saturated carbocycles. The Morgan fingerprint density at radius 2 is 1.93 bits per heavy atom. The Bertz CT molecular complexity index is 981. The third-order valence-electron chi connectivity index (χ3n) is 5.51. The molecule has 140 valence electrons. The standard InChI is InChI=1S/C22H24FN3O/c1-3-15(2)13-26-20-11-7-5-9-18(20)24-22(26)16-12-21(27)25(14-16)19-10-6-4-8-17(19)23/h4-11,15-16H,3,12-14H2,1-2H3. The van der Waals surface area contributed by atoms with Crippen LogP contribution in [-0.2, 0) is 11.3 Å². The van der Waals surface area contributed by atoms with Crippen molar-refractivity contribution in [3.8, 4) is 0 Å². The quantitative estimate of drug-likeness (QED) is 0.655. The molecule has 0 spiro atoms. The molecular formula is C22H24FN3O. The lowest BCUT2D eigenvalue weighted by Crippen LogP contribution is -2.25. The van der Waals surface area contributed by atoms with Crippen molar-refractivity contribution < 1.29 is 9.18 Å². The number of fused-ring (bicyclic) bond motifs is 1. The first-order chi connectivity index (χ1) is 13.1. The summed E-state index contributed by atoms with van der Waals surface area (Å²) in [6, 6.07) is 14.6. The number of rotatable bonds is 5. The number of halogens is 1. The molecule has 2 heterocycles. The largest absolute Gasteiger partial charge is 0.327 e. The van der Waals surface area contributed by atoms with Crippen molar-refractivity contribution in [2.75, 3.05) is 11.4 Å². The molecule has 0 N–H and O–H groups in total. The average Bonchev–Trinajstić information content (AvgIpc) is 3.23. The maximum Gasteiger partial charge on any atom is 0.227 e. The van der Waals surface area contributed by atoms with E-state index in [1.54, 1.807) is 23.1 Å². The predicted molar refractivity (Wildman–Crippen MR) is 105 cm³/mol. The first-order valence-electron chi connectivity index (χ1n) is 9.58. The molecule has 1 amide bonds. The molecule has 1 fully saturated rings. The van der Waals surface area contributed by atoms with Crippen LogP contribution in [0.5, 0.6) is 0 Å². The van der Waals surface area contributed by atoms with E-state index >= 15 is 0 Å². The van der Waals surface area contributed by atoms with Crippen LogP contribution in [0.3, 0.4) is 0 Å². The Hall–Kier alpha value is -2.69. The smallest absolute Gasteiger partial charge is 0.227 e. The number of para-hydroxylation sites is 3. The van der Waals surface area contributed by atoms with Crippen molar-refractivity contribution in [3.63, 3.8) is 0 Å². The molecule has 2 unspecified atom stereocenters. The summed E-state index contributed by atoms with van der Waals surface area (Å²) in [6.07, 6.45) is 1.44. The molecule has 2 atom stereocenters. The molecule has 1 aliphatic heterocycles. The third-order valence-corrected chi connectivity index (χ3v) is 5.51. The second kappa shape index (κ2) is 7.14. The number of aromatic nitrogens is 2. The Morgan fingerprint density at radius 1 is 1.19 bits per heavy atom. The van der Waals surface area contributed by atoms with Crippen LogP contribution in [0.25, 0.3) is 11.0 Å². The zero-order chi connectivity index (χ0) is 19.0. The first-order valence-corrected chi connectivity index (χ1v) is 9.58. The molecular weight excluding hydrogens is 341 g/mol. The molecule has 27 heavy (non-hydrogen) atoms. The lowest BCUT2D eigenvalue weighted by molar-refractivity contribution is -0.117.